The van der Waals surface area contributed by atoms with Gasteiger partial charge in [0.25, 0.3) is 0 Å². The van der Waals surface area contributed by atoms with Crippen molar-refractivity contribution in [2.45, 2.75) is 23.5 Å². The zero-order valence-corrected chi connectivity index (χ0v) is 15.0. The van der Waals surface area contributed by atoms with Crippen molar-refractivity contribution in [2.75, 3.05) is 13.6 Å². The third-order valence-corrected chi connectivity index (χ3v) is 5.45. The van der Waals surface area contributed by atoms with Gasteiger partial charge in [0, 0.05) is 7.05 Å². The summed E-state index contributed by atoms with van der Waals surface area (Å²) in [6.45, 7) is -0.820. The maximum absolute atomic E-state index is 13.0. The maximum atomic E-state index is 13.0. The third-order valence-electron chi connectivity index (χ3n) is 3.74. The first kappa shape index (κ1) is 22.7. The van der Waals surface area contributed by atoms with Crippen molar-refractivity contribution in [1.29, 1.82) is 0 Å². The second-order valence-corrected chi connectivity index (χ2v) is 7.69. The van der Waals surface area contributed by atoms with Crippen molar-refractivity contribution >= 4 is 27.3 Å². The number of thiocarbonyl (C=S) groups is 1. The van der Waals surface area contributed by atoms with Gasteiger partial charge < -0.3 is 4.90 Å². The SMILES string of the molecule is CN1CC(OS(=O)(=O)C(F)(F)F)(c2cc(C(F)(F)F)cc(C(F)(F)F)c2)C1=S. The van der Waals surface area contributed by atoms with E-state index in [2.05, 4.69) is 4.18 Å². The van der Waals surface area contributed by atoms with Crippen LogP contribution >= 0.6 is 12.2 Å². The van der Waals surface area contributed by atoms with Crippen LogP contribution in [-0.4, -0.2) is 37.4 Å². The Hall–Kier alpha value is -1.61. The molecule has 1 fully saturated rings. The van der Waals surface area contributed by atoms with Gasteiger partial charge in [-0.2, -0.15) is 47.9 Å². The molecule has 1 heterocycles. The Morgan fingerprint density at radius 3 is 1.68 bits per heavy atom. The summed E-state index contributed by atoms with van der Waals surface area (Å²) < 4.78 is 143. The van der Waals surface area contributed by atoms with E-state index in [4.69, 9.17) is 12.2 Å². The number of hydrogen-bond donors (Lipinski definition) is 0. The van der Waals surface area contributed by atoms with E-state index < -0.39 is 61.8 Å². The van der Waals surface area contributed by atoms with Crippen molar-refractivity contribution in [1.82, 2.24) is 4.90 Å². The van der Waals surface area contributed by atoms with E-state index >= 15 is 0 Å². The summed E-state index contributed by atoms with van der Waals surface area (Å²) in [6.07, 6.45) is -10.6. The molecule has 0 N–H and O–H groups in total. The molecule has 15 heteroatoms. The summed E-state index contributed by atoms with van der Waals surface area (Å²) in [5.74, 6) is 0. The molecule has 1 saturated heterocycles. The predicted octanol–water partition coefficient (Wildman–Crippen LogP) is 4.06. The lowest BCUT2D eigenvalue weighted by Gasteiger charge is -2.49. The lowest BCUT2D eigenvalue weighted by atomic mass is 9.84. The van der Waals surface area contributed by atoms with Crippen LogP contribution in [0.3, 0.4) is 0 Å². The standard InChI is InChI=1S/C13H8F9NO3S2/c1-23-5-10(9(23)27,26-28(24,25)13(20,21)22)6-2-7(11(14,15)16)4-8(3-6)12(17,18)19/h2-4H,5H2,1H3. The highest BCUT2D eigenvalue weighted by Gasteiger charge is 2.59. The van der Waals surface area contributed by atoms with E-state index in [0.29, 0.717) is 0 Å². The van der Waals surface area contributed by atoms with Gasteiger partial charge in [-0.15, -0.1) is 0 Å². The fourth-order valence-electron chi connectivity index (χ4n) is 2.44. The zero-order valence-electron chi connectivity index (χ0n) is 13.3. The molecule has 4 nitrogen and oxygen atoms in total. The Morgan fingerprint density at radius 2 is 1.39 bits per heavy atom. The molecule has 2 rings (SSSR count). The van der Waals surface area contributed by atoms with E-state index in [-0.39, 0.29) is 18.2 Å². The molecule has 0 bridgehead atoms. The maximum Gasteiger partial charge on any atom is 0.523 e. The van der Waals surface area contributed by atoms with Crippen molar-refractivity contribution in [3.63, 3.8) is 0 Å². The molecule has 158 valence electrons. The predicted molar refractivity (Wildman–Crippen MR) is 79.4 cm³/mol. The molecule has 0 aliphatic carbocycles. The molecule has 1 aliphatic rings. The molecule has 0 radical (unpaired) electrons. The largest absolute Gasteiger partial charge is 0.523 e. The van der Waals surface area contributed by atoms with Gasteiger partial charge in [0.2, 0.25) is 0 Å². The molecule has 1 atom stereocenters. The molecule has 0 aromatic heterocycles. The topological polar surface area (TPSA) is 46.6 Å². The number of likely N-dealkylation sites (N-methyl/N-ethyl adjacent to an activating group) is 1. The second kappa shape index (κ2) is 6.45. The molecule has 1 aromatic carbocycles. The van der Waals surface area contributed by atoms with Crippen LogP contribution in [0.4, 0.5) is 39.5 Å². The Bertz CT molecular complexity index is 873. The number of benzene rings is 1. The van der Waals surface area contributed by atoms with Crippen molar-refractivity contribution in [3.8, 4) is 0 Å². The van der Waals surface area contributed by atoms with E-state index in [1.54, 1.807) is 0 Å². The minimum atomic E-state index is -6.39. The van der Waals surface area contributed by atoms with Crippen LogP contribution in [0.1, 0.15) is 16.7 Å². The van der Waals surface area contributed by atoms with Crippen molar-refractivity contribution < 1.29 is 52.1 Å². The van der Waals surface area contributed by atoms with Crippen molar-refractivity contribution in [3.05, 3.63) is 34.9 Å². The van der Waals surface area contributed by atoms with Crippen LogP contribution in [0.25, 0.3) is 0 Å². The number of nitrogens with zero attached hydrogens (tertiary/aromatic N) is 1. The molecule has 0 saturated carbocycles. The lowest BCUT2D eigenvalue weighted by molar-refractivity contribution is -0.143. The van der Waals surface area contributed by atoms with Crippen LogP contribution in [-0.2, 0) is 32.3 Å². The molecule has 0 spiro atoms. The van der Waals surface area contributed by atoms with E-state index in [1.165, 1.54) is 0 Å². The van der Waals surface area contributed by atoms with Gasteiger partial charge in [0.1, 0.15) is 4.99 Å². The molecule has 0 amide bonds. The highest BCUT2D eigenvalue weighted by molar-refractivity contribution is 7.87. The van der Waals surface area contributed by atoms with Crippen LogP contribution in [0.15, 0.2) is 18.2 Å². The molecule has 28 heavy (non-hydrogen) atoms. The van der Waals surface area contributed by atoms with Gasteiger partial charge in [-0.1, -0.05) is 12.2 Å². The van der Waals surface area contributed by atoms with Gasteiger partial charge in [-0.3, -0.25) is 0 Å². The minimum Gasteiger partial charge on any atom is -0.363 e. The Balaban J connectivity index is 2.74. The normalized spacial score (nSPS) is 21.6. The summed E-state index contributed by atoms with van der Waals surface area (Å²) in [6, 6.07) is -0.123. The molecule has 1 unspecified atom stereocenters. The van der Waals surface area contributed by atoms with E-state index in [0.717, 1.165) is 11.9 Å². The van der Waals surface area contributed by atoms with E-state index in [1.807, 2.05) is 0 Å². The first-order valence-corrected chi connectivity index (χ1v) is 8.70. The molecule has 1 aromatic rings. The molecular weight excluding hydrogens is 453 g/mol. The molecule has 1 aliphatic heterocycles. The van der Waals surface area contributed by atoms with E-state index in [9.17, 15) is 47.9 Å². The Morgan fingerprint density at radius 1 is 0.964 bits per heavy atom. The van der Waals surface area contributed by atoms with Gasteiger partial charge >= 0.3 is 28.0 Å². The van der Waals surface area contributed by atoms with Gasteiger partial charge in [0.15, 0.2) is 5.60 Å². The number of likely N-dealkylation sites (tertiary alicyclic amines) is 1. The Labute approximate surface area is 157 Å². The summed E-state index contributed by atoms with van der Waals surface area (Å²) >= 11 is 4.69. The number of rotatable bonds is 3. The monoisotopic (exact) mass is 461 g/mol. The van der Waals surface area contributed by atoms with Gasteiger partial charge in [-0.05, 0) is 23.8 Å². The Kier molecular flexibility index (Phi) is 5.22. The first-order valence-electron chi connectivity index (χ1n) is 6.89. The number of alkyl halides is 9. The van der Waals surface area contributed by atoms with Crippen LogP contribution < -0.4 is 0 Å². The van der Waals surface area contributed by atoms with Gasteiger partial charge in [0.05, 0.1) is 17.7 Å². The molecular formula is C13H8F9NO3S2. The van der Waals surface area contributed by atoms with Crippen LogP contribution in [0.2, 0.25) is 0 Å². The third kappa shape index (κ3) is 3.91. The number of hydrogen-bond acceptors (Lipinski definition) is 4. The summed E-state index contributed by atoms with van der Waals surface area (Å²) in [5, 5.41) is 0. The van der Waals surface area contributed by atoms with Crippen LogP contribution in [0.5, 0.6) is 0 Å². The number of halogens is 9. The highest BCUT2D eigenvalue weighted by Crippen LogP contribution is 2.45. The zero-order chi connectivity index (χ0) is 21.9. The fourth-order valence-corrected chi connectivity index (χ4v) is 3.48. The second-order valence-electron chi connectivity index (χ2n) is 5.77. The van der Waals surface area contributed by atoms with Crippen molar-refractivity contribution in [2.24, 2.45) is 0 Å². The smallest absolute Gasteiger partial charge is 0.363 e. The fraction of sp³-hybridized carbons (Fsp3) is 0.462. The highest BCUT2D eigenvalue weighted by atomic mass is 32.2. The average Bonchev–Trinajstić information content (AvgIpc) is 2.50. The quantitative estimate of drug-likeness (QED) is 0.294. The van der Waals surface area contributed by atoms with Gasteiger partial charge in [-0.25, -0.2) is 4.18 Å². The summed E-state index contributed by atoms with van der Waals surface area (Å²) in [5.41, 5.74) is -13.7. The summed E-state index contributed by atoms with van der Waals surface area (Å²) in [7, 11) is -5.25. The first-order chi connectivity index (χ1) is 12.3. The lowest BCUT2D eigenvalue weighted by Crippen LogP contribution is -2.64. The average molecular weight is 461 g/mol. The minimum absolute atomic E-state index is 0.0699. The van der Waals surface area contributed by atoms with Crippen LogP contribution in [0, 0.1) is 0 Å². The summed E-state index contributed by atoms with van der Waals surface area (Å²) in [4.78, 5) is 0.210.